The molecule has 0 aliphatic carbocycles. The minimum absolute atomic E-state index is 0.00926. The average molecular weight is 441 g/mol. The molecule has 0 aliphatic rings. The second kappa shape index (κ2) is 10.8. The van der Waals surface area contributed by atoms with E-state index in [0.29, 0.717) is 17.4 Å². The van der Waals surface area contributed by atoms with Gasteiger partial charge in [-0.2, -0.15) is 5.10 Å². The normalized spacial score (nSPS) is 10.9. The summed E-state index contributed by atoms with van der Waals surface area (Å²) in [4.78, 5) is 23.9. The number of benzene rings is 1. The minimum atomic E-state index is -0.00926. The van der Waals surface area contributed by atoms with Crippen molar-refractivity contribution >= 4 is 40.8 Å². The van der Waals surface area contributed by atoms with Crippen LogP contribution in [-0.2, 0) is 4.79 Å². The van der Waals surface area contributed by atoms with Crippen molar-refractivity contribution in [2.45, 2.75) is 30.3 Å². The molecule has 0 radical (unpaired) electrons. The fourth-order valence-corrected chi connectivity index (χ4v) is 3.39. The lowest BCUT2D eigenvalue weighted by Crippen LogP contribution is -2.21. The second-order valence-electron chi connectivity index (χ2n) is 7.23. The van der Waals surface area contributed by atoms with Crippen LogP contribution in [0.3, 0.4) is 0 Å². The van der Waals surface area contributed by atoms with Crippen LogP contribution in [0.2, 0.25) is 0 Å². The Bertz CT molecular complexity index is 1000. The first-order valence-corrected chi connectivity index (χ1v) is 10.9. The highest BCUT2D eigenvalue weighted by molar-refractivity contribution is 7.99. The van der Waals surface area contributed by atoms with E-state index in [2.05, 4.69) is 41.0 Å². The summed E-state index contributed by atoms with van der Waals surface area (Å²) < 4.78 is 0. The van der Waals surface area contributed by atoms with Crippen LogP contribution < -0.4 is 16.0 Å². The number of aryl methyl sites for hydroxylation is 1. The number of aromatic nitrogens is 4. The molecule has 3 rings (SSSR count). The molecule has 0 unspecified atom stereocenters. The van der Waals surface area contributed by atoms with Crippen LogP contribution in [0.5, 0.6) is 0 Å². The standard InChI is InChI=1S/C21H28N8OS/c1-5-20(30)23-15-6-8-16(9-7-15)31-21-25-17(22-10-11-29(3)4)13-18(26-21)24-19-12-14(2)27-28-19/h6-9,12-13H,5,10-11H2,1-4H3,(H,23,30)(H3,22,24,25,26,27,28). The maximum absolute atomic E-state index is 11.6. The molecule has 0 bridgehead atoms. The maximum Gasteiger partial charge on any atom is 0.224 e. The number of hydrogen-bond acceptors (Lipinski definition) is 8. The van der Waals surface area contributed by atoms with E-state index in [1.54, 1.807) is 0 Å². The van der Waals surface area contributed by atoms with Crippen molar-refractivity contribution in [1.29, 1.82) is 0 Å². The van der Waals surface area contributed by atoms with Crippen LogP contribution in [0, 0.1) is 6.92 Å². The Morgan fingerprint density at radius 3 is 2.52 bits per heavy atom. The van der Waals surface area contributed by atoms with Crippen LogP contribution in [0.25, 0.3) is 0 Å². The molecule has 10 heteroatoms. The molecule has 0 saturated carbocycles. The third kappa shape index (κ3) is 7.26. The molecule has 0 aliphatic heterocycles. The lowest BCUT2D eigenvalue weighted by molar-refractivity contribution is -0.115. The average Bonchev–Trinajstić information content (AvgIpc) is 3.13. The number of amides is 1. The number of carbonyl (C=O) groups excluding carboxylic acids is 1. The van der Waals surface area contributed by atoms with Crippen LogP contribution in [0.4, 0.5) is 23.1 Å². The van der Waals surface area contributed by atoms with E-state index in [-0.39, 0.29) is 5.91 Å². The van der Waals surface area contributed by atoms with Gasteiger partial charge in [-0.05, 0) is 57.0 Å². The molecule has 3 aromatic rings. The number of aromatic amines is 1. The predicted molar refractivity (Wildman–Crippen MR) is 125 cm³/mol. The van der Waals surface area contributed by atoms with Crippen molar-refractivity contribution in [1.82, 2.24) is 25.1 Å². The molecule has 1 aromatic carbocycles. The lowest BCUT2D eigenvalue weighted by Gasteiger charge is -2.13. The first kappa shape index (κ1) is 22.6. The Morgan fingerprint density at radius 2 is 1.87 bits per heavy atom. The molecule has 31 heavy (non-hydrogen) atoms. The van der Waals surface area contributed by atoms with Gasteiger partial charge in [0, 0.05) is 42.2 Å². The number of carbonyl (C=O) groups is 1. The number of H-pyrrole nitrogens is 1. The topological polar surface area (TPSA) is 111 Å². The smallest absolute Gasteiger partial charge is 0.224 e. The van der Waals surface area contributed by atoms with E-state index < -0.39 is 0 Å². The van der Waals surface area contributed by atoms with Crippen molar-refractivity contribution in [3.63, 3.8) is 0 Å². The molecule has 1 amide bonds. The molecule has 2 aromatic heterocycles. The Balaban J connectivity index is 1.76. The number of hydrogen-bond donors (Lipinski definition) is 4. The second-order valence-corrected chi connectivity index (χ2v) is 8.27. The molecule has 0 atom stereocenters. The monoisotopic (exact) mass is 440 g/mol. The summed E-state index contributed by atoms with van der Waals surface area (Å²) in [7, 11) is 4.06. The molecular formula is C21H28N8OS. The highest BCUT2D eigenvalue weighted by Crippen LogP contribution is 2.29. The summed E-state index contributed by atoms with van der Waals surface area (Å²) in [5, 5.41) is 17.1. The van der Waals surface area contributed by atoms with E-state index in [1.807, 2.05) is 64.3 Å². The molecule has 164 valence electrons. The van der Waals surface area contributed by atoms with Crippen molar-refractivity contribution < 1.29 is 4.79 Å². The Hall–Kier alpha value is -3.11. The number of anilines is 4. The van der Waals surface area contributed by atoms with Gasteiger partial charge in [-0.1, -0.05) is 6.92 Å². The molecule has 0 fully saturated rings. The molecular weight excluding hydrogens is 412 g/mol. The third-order valence-electron chi connectivity index (χ3n) is 4.21. The summed E-state index contributed by atoms with van der Waals surface area (Å²) in [6, 6.07) is 11.4. The molecule has 0 spiro atoms. The Labute approximate surface area is 186 Å². The zero-order valence-corrected chi connectivity index (χ0v) is 19.0. The fourth-order valence-electron chi connectivity index (χ4n) is 2.62. The summed E-state index contributed by atoms with van der Waals surface area (Å²) in [6.07, 6.45) is 0.448. The fraction of sp³-hybridized carbons (Fsp3) is 0.333. The van der Waals surface area contributed by atoms with Gasteiger partial charge in [0.05, 0.1) is 5.69 Å². The first-order chi connectivity index (χ1) is 14.9. The third-order valence-corrected chi connectivity index (χ3v) is 5.08. The van der Waals surface area contributed by atoms with Gasteiger partial charge >= 0.3 is 0 Å². The van der Waals surface area contributed by atoms with Crippen molar-refractivity contribution in [3.05, 3.63) is 42.1 Å². The van der Waals surface area contributed by atoms with Crippen molar-refractivity contribution in [2.75, 3.05) is 43.1 Å². The van der Waals surface area contributed by atoms with Gasteiger partial charge in [-0.15, -0.1) is 0 Å². The zero-order chi connectivity index (χ0) is 22.2. The van der Waals surface area contributed by atoms with Crippen molar-refractivity contribution in [3.8, 4) is 0 Å². The number of nitrogens with one attached hydrogen (secondary N) is 4. The van der Waals surface area contributed by atoms with Crippen LogP contribution in [0.15, 0.2) is 46.5 Å². The van der Waals surface area contributed by atoms with Gasteiger partial charge in [-0.25, -0.2) is 9.97 Å². The van der Waals surface area contributed by atoms with Gasteiger partial charge in [0.2, 0.25) is 5.91 Å². The number of nitrogens with zero attached hydrogens (tertiary/aromatic N) is 4. The summed E-state index contributed by atoms with van der Waals surface area (Å²) in [5.74, 6) is 2.16. The molecule has 2 heterocycles. The molecule has 4 N–H and O–H groups in total. The van der Waals surface area contributed by atoms with Gasteiger partial charge in [-0.3, -0.25) is 9.89 Å². The van der Waals surface area contributed by atoms with Gasteiger partial charge in [0.1, 0.15) is 17.5 Å². The van der Waals surface area contributed by atoms with Gasteiger partial charge < -0.3 is 20.9 Å². The van der Waals surface area contributed by atoms with Gasteiger partial charge in [0.25, 0.3) is 0 Å². The highest BCUT2D eigenvalue weighted by Gasteiger charge is 2.09. The Morgan fingerprint density at radius 1 is 1.13 bits per heavy atom. The van der Waals surface area contributed by atoms with Crippen LogP contribution in [0.1, 0.15) is 19.0 Å². The number of likely N-dealkylation sites (N-methyl/N-ethyl adjacent to an activating group) is 1. The van der Waals surface area contributed by atoms with Gasteiger partial charge in [0.15, 0.2) is 5.16 Å². The largest absolute Gasteiger partial charge is 0.369 e. The first-order valence-electron chi connectivity index (χ1n) is 10.1. The summed E-state index contributed by atoms with van der Waals surface area (Å²) in [6.45, 7) is 5.40. The van der Waals surface area contributed by atoms with E-state index in [1.165, 1.54) is 11.8 Å². The lowest BCUT2D eigenvalue weighted by atomic mass is 10.3. The molecule has 9 nitrogen and oxygen atoms in total. The predicted octanol–water partition coefficient (Wildman–Crippen LogP) is 3.72. The van der Waals surface area contributed by atoms with Crippen LogP contribution >= 0.6 is 11.8 Å². The zero-order valence-electron chi connectivity index (χ0n) is 18.2. The van der Waals surface area contributed by atoms with Crippen LogP contribution in [-0.4, -0.2) is 58.2 Å². The van der Waals surface area contributed by atoms with E-state index in [4.69, 9.17) is 0 Å². The highest BCUT2D eigenvalue weighted by atomic mass is 32.2. The SMILES string of the molecule is CCC(=O)Nc1ccc(Sc2nc(NCCN(C)C)cc(Nc3cc(C)n[nH]3)n2)cc1. The maximum atomic E-state index is 11.6. The Kier molecular flexibility index (Phi) is 7.85. The summed E-state index contributed by atoms with van der Waals surface area (Å²) in [5.41, 5.74) is 1.67. The molecule has 0 saturated heterocycles. The summed E-state index contributed by atoms with van der Waals surface area (Å²) >= 11 is 1.45. The minimum Gasteiger partial charge on any atom is -0.369 e. The van der Waals surface area contributed by atoms with E-state index in [0.717, 1.165) is 41.0 Å². The van der Waals surface area contributed by atoms with Crippen molar-refractivity contribution in [2.24, 2.45) is 0 Å². The quantitative estimate of drug-likeness (QED) is 0.353. The van der Waals surface area contributed by atoms with E-state index in [9.17, 15) is 4.79 Å². The van der Waals surface area contributed by atoms with E-state index >= 15 is 0 Å². The number of rotatable bonds is 10.